The van der Waals surface area contributed by atoms with Crippen LogP contribution in [0.2, 0.25) is 0 Å². The second kappa shape index (κ2) is 8.67. The molecule has 2 aromatic rings. The Balaban J connectivity index is 0.00000113. The fraction of sp³-hybridized carbons (Fsp3) is 0.0952. The van der Waals surface area contributed by atoms with E-state index >= 15 is 0 Å². The summed E-state index contributed by atoms with van der Waals surface area (Å²) in [5.74, 6) is 0. The van der Waals surface area contributed by atoms with Crippen molar-refractivity contribution in [2.24, 2.45) is 0 Å². The second-order valence-corrected chi connectivity index (χ2v) is 9.03. The van der Waals surface area contributed by atoms with E-state index in [4.69, 9.17) is 0 Å². The van der Waals surface area contributed by atoms with Crippen molar-refractivity contribution in [2.45, 2.75) is 9.88 Å². The van der Waals surface area contributed by atoms with Crippen LogP contribution in [-0.2, 0) is 23.9 Å². The maximum absolute atomic E-state index is 2.42. The molecule has 1 aliphatic carbocycles. The number of hydrogen-bond acceptors (Lipinski definition) is 0. The Morgan fingerprint density at radius 2 is 1.52 bits per heavy atom. The Hall–Kier alpha value is -0.876. The molecule has 1 unspecified atom stereocenters. The predicted octanol–water partition coefficient (Wildman–Crippen LogP) is -0.613. The predicted molar refractivity (Wildman–Crippen MR) is 95.5 cm³/mol. The first-order chi connectivity index (χ1) is 11.3. The van der Waals surface area contributed by atoms with E-state index in [0.717, 1.165) is 6.42 Å². The molecule has 0 nitrogen and oxygen atoms in total. The molecule has 0 radical (unpaired) electrons. The minimum atomic E-state index is 0. The van der Waals surface area contributed by atoms with Gasteiger partial charge in [0.15, 0.2) is 0 Å². The molecule has 25 heavy (non-hydrogen) atoms. The zero-order valence-corrected chi connectivity index (χ0v) is 17.5. The van der Waals surface area contributed by atoms with Crippen LogP contribution in [0.5, 0.6) is 0 Å². The van der Waals surface area contributed by atoms with E-state index in [0.29, 0.717) is 0 Å². The molecule has 2 aromatic carbocycles. The number of benzene rings is 2. The van der Waals surface area contributed by atoms with Crippen LogP contribution >= 0.6 is 8.20 Å². The Bertz CT molecular complexity index is 854. The Labute approximate surface area is 175 Å². The van der Waals surface area contributed by atoms with Crippen LogP contribution in [0.15, 0.2) is 96.1 Å². The summed E-state index contributed by atoms with van der Waals surface area (Å²) in [4.78, 5) is 0. The first kappa shape index (κ1) is 20.4. The number of allylic oxidation sites excluding steroid dienone is 6. The standard InChI is InChI=1S/C21H16P.2ClH.Ti/c1-3-11-17(12-4-1)20-15-19(16-9-7-8-10-16)21(22-20)18-13-5-2-6-14-18;;;/h1-9,11-15H,10H2;2*1H;/q;;;+2/p-2. The first-order valence-electron chi connectivity index (χ1n) is 7.81. The van der Waals surface area contributed by atoms with E-state index < -0.39 is 0 Å². The van der Waals surface area contributed by atoms with Gasteiger partial charge in [0.25, 0.3) is 0 Å². The zero-order valence-electron chi connectivity index (χ0n) is 13.5. The minimum absolute atomic E-state index is 0. The van der Waals surface area contributed by atoms with Gasteiger partial charge in [-0.05, 0) is 0 Å². The molecule has 0 saturated heterocycles. The van der Waals surface area contributed by atoms with E-state index in [1.165, 1.54) is 35.8 Å². The summed E-state index contributed by atoms with van der Waals surface area (Å²) < 4.78 is 0.0320. The van der Waals surface area contributed by atoms with Crippen molar-refractivity contribution in [3.8, 4) is 0 Å². The van der Waals surface area contributed by atoms with Crippen molar-refractivity contribution in [2.75, 3.05) is 0 Å². The van der Waals surface area contributed by atoms with Crippen LogP contribution in [-0.4, -0.2) is 5.29 Å². The third kappa shape index (κ3) is 3.95. The van der Waals surface area contributed by atoms with Gasteiger partial charge in [-0.15, -0.1) is 0 Å². The topological polar surface area (TPSA) is 0 Å². The van der Waals surface area contributed by atoms with Gasteiger partial charge >= 0.3 is 151 Å². The van der Waals surface area contributed by atoms with Crippen molar-refractivity contribution in [1.29, 1.82) is 0 Å². The molecule has 1 aliphatic heterocycles. The van der Waals surface area contributed by atoms with Crippen molar-refractivity contribution in [3.63, 3.8) is 0 Å². The van der Waals surface area contributed by atoms with Gasteiger partial charge in [0.2, 0.25) is 0 Å². The van der Waals surface area contributed by atoms with E-state index in [-0.39, 0.29) is 28.3 Å². The van der Waals surface area contributed by atoms with E-state index in [1.54, 1.807) is 0 Å². The van der Waals surface area contributed by atoms with Crippen LogP contribution in [0, 0.1) is 0 Å². The van der Waals surface area contributed by atoms with E-state index in [1.807, 2.05) is 0 Å². The molecule has 0 amide bonds. The van der Waals surface area contributed by atoms with E-state index in [2.05, 4.69) is 105 Å². The van der Waals surface area contributed by atoms with Gasteiger partial charge in [-0.1, -0.05) is 0 Å². The van der Waals surface area contributed by atoms with Gasteiger partial charge in [-0.25, -0.2) is 0 Å². The molecule has 0 bridgehead atoms. The summed E-state index contributed by atoms with van der Waals surface area (Å²) in [7, 11) is 1.37. The van der Waals surface area contributed by atoms with Gasteiger partial charge in [-0.3, -0.25) is 0 Å². The summed E-state index contributed by atoms with van der Waals surface area (Å²) in [5.41, 5.74) is 5.65. The molecule has 1 heterocycles. The van der Waals surface area contributed by atoms with Gasteiger partial charge < -0.3 is 24.8 Å². The first-order valence-corrected chi connectivity index (χ1v) is 9.49. The molecular weight excluding hydrogens is 402 g/mol. The monoisotopic (exact) mass is 417 g/mol. The third-order valence-electron chi connectivity index (χ3n) is 4.34. The molecule has 4 rings (SSSR count). The Kier molecular flexibility index (Phi) is 7.09. The molecule has 2 aliphatic rings. The summed E-state index contributed by atoms with van der Waals surface area (Å²) in [6.45, 7) is 0. The molecule has 0 saturated carbocycles. The van der Waals surface area contributed by atoms with E-state index in [9.17, 15) is 0 Å². The SMILES string of the molecule is [Cl-].[Cl-].[Ti+2][C]1(c2ccccc2)P=C(c2ccccc2)C=C1C1=CC=CC1. The van der Waals surface area contributed by atoms with Crippen LogP contribution in [0.25, 0.3) is 0 Å². The quantitative estimate of drug-likeness (QED) is 0.461. The van der Waals surface area contributed by atoms with Crippen LogP contribution in [0.1, 0.15) is 17.5 Å². The average molecular weight is 418 g/mol. The second-order valence-electron chi connectivity index (χ2n) is 5.82. The molecular formula is C21H16Cl2PTi. The van der Waals surface area contributed by atoms with Crippen molar-refractivity contribution in [1.82, 2.24) is 0 Å². The zero-order chi connectivity index (χ0) is 15.7. The Morgan fingerprint density at radius 3 is 2.12 bits per heavy atom. The summed E-state index contributed by atoms with van der Waals surface area (Å²) in [5, 5.41) is 1.42. The molecule has 0 N–H and O–H groups in total. The molecule has 1 atom stereocenters. The van der Waals surface area contributed by atoms with Crippen LogP contribution in [0.4, 0.5) is 0 Å². The fourth-order valence-electron chi connectivity index (χ4n) is 3.14. The summed E-state index contributed by atoms with van der Waals surface area (Å²) in [6.07, 6.45) is 10.2. The van der Waals surface area contributed by atoms with Gasteiger partial charge in [0, 0.05) is 0 Å². The number of rotatable bonds is 3. The van der Waals surface area contributed by atoms with Gasteiger partial charge in [0.05, 0.1) is 0 Å². The molecule has 123 valence electrons. The summed E-state index contributed by atoms with van der Waals surface area (Å²) in [6, 6.07) is 21.7. The van der Waals surface area contributed by atoms with Crippen molar-refractivity contribution in [3.05, 3.63) is 107 Å². The van der Waals surface area contributed by atoms with Gasteiger partial charge in [0.1, 0.15) is 0 Å². The molecule has 0 aromatic heterocycles. The van der Waals surface area contributed by atoms with Crippen LogP contribution < -0.4 is 24.8 Å². The third-order valence-corrected chi connectivity index (χ3v) is 7.20. The maximum atomic E-state index is 2.42. The van der Waals surface area contributed by atoms with Crippen molar-refractivity contribution < 1.29 is 45.2 Å². The average Bonchev–Trinajstić information content (AvgIpc) is 3.25. The summed E-state index contributed by atoms with van der Waals surface area (Å²) >= 11 is 2.38. The Morgan fingerprint density at radius 1 is 0.880 bits per heavy atom. The van der Waals surface area contributed by atoms with Crippen LogP contribution in [0.3, 0.4) is 0 Å². The van der Waals surface area contributed by atoms with Gasteiger partial charge in [-0.2, -0.15) is 0 Å². The number of hydrogen-bond donors (Lipinski definition) is 0. The number of halogens is 2. The molecule has 4 heteroatoms. The fourth-order valence-corrected chi connectivity index (χ4v) is 5.77. The normalized spacial score (nSPS) is 21.6. The van der Waals surface area contributed by atoms with Crippen molar-refractivity contribution >= 4 is 13.5 Å². The molecule has 0 fully saturated rings. The molecule has 0 spiro atoms.